The number of amides is 2. The fraction of sp³-hybridized carbons (Fsp3) is 0.441. The SMILES string of the molecule is C=CC(=O)N[C@H]1COC[C@H]1Nc1ncc2cc(-c3c(Cl)c(OC)cc(OC)c3Cl)c(=O)n(CC3CCN(C(=O)/C=C/CN(C)C)CC3)c2n1. The molecule has 0 aliphatic carbocycles. The average molecular weight is 715 g/mol. The smallest absolute Gasteiger partial charge is 0.260 e. The number of carbonyl (C=O) groups is 2. The molecule has 2 aliphatic rings. The number of halogens is 2. The molecule has 2 atom stereocenters. The molecule has 2 N–H and O–H groups in total. The van der Waals surface area contributed by atoms with E-state index in [1.807, 2.05) is 30.0 Å². The molecule has 4 heterocycles. The van der Waals surface area contributed by atoms with Gasteiger partial charge in [-0.25, -0.2) is 4.98 Å². The number of anilines is 1. The van der Waals surface area contributed by atoms with E-state index < -0.39 is 0 Å². The summed E-state index contributed by atoms with van der Waals surface area (Å²) in [6.07, 6.45) is 7.69. The van der Waals surface area contributed by atoms with E-state index in [9.17, 15) is 14.4 Å². The van der Waals surface area contributed by atoms with Gasteiger partial charge < -0.3 is 34.6 Å². The van der Waals surface area contributed by atoms with Gasteiger partial charge in [0.25, 0.3) is 5.56 Å². The van der Waals surface area contributed by atoms with Crippen molar-refractivity contribution in [1.29, 1.82) is 0 Å². The van der Waals surface area contributed by atoms with E-state index in [1.54, 1.807) is 29.0 Å². The molecule has 262 valence electrons. The van der Waals surface area contributed by atoms with Gasteiger partial charge in [0, 0.05) is 55.5 Å². The summed E-state index contributed by atoms with van der Waals surface area (Å²) >= 11 is 13.6. The van der Waals surface area contributed by atoms with E-state index in [2.05, 4.69) is 22.2 Å². The van der Waals surface area contributed by atoms with Crippen LogP contribution >= 0.6 is 23.2 Å². The summed E-state index contributed by atoms with van der Waals surface area (Å²) in [7, 11) is 6.83. The summed E-state index contributed by atoms with van der Waals surface area (Å²) < 4.78 is 18.2. The number of nitrogens with one attached hydrogen (secondary N) is 2. The number of ether oxygens (including phenoxy) is 3. The fourth-order valence-corrected chi connectivity index (χ4v) is 6.71. The van der Waals surface area contributed by atoms with Gasteiger partial charge in [-0.1, -0.05) is 35.9 Å². The molecule has 0 radical (unpaired) electrons. The molecule has 13 nitrogen and oxygen atoms in total. The Morgan fingerprint density at radius 1 is 1.10 bits per heavy atom. The largest absolute Gasteiger partial charge is 0.495 e. The minimum atomic E-state index is -0.360. The lowest BCUT2D eigenvalue weighted by atomic mass is 9.96. The first-order chi connectivity index (χ1) is 23.5. The minimum absolute atomic E-state index is 0.0249. The fourth-order valence-electron chi connectivity index (χ4n) is 6.01. The number of piperidine rings is 1. The Labute approximate surface area is 294 Å². The minimum Gasteiger partial charge on any atom is -0.495 e. The standard InChI is InChI=1S/C34H41Cl2N7O6/c1-6-27(44)38-23-18-49-19-24(23)39-34-37-16-21-14-22(29-30(35)25(47-4)15-26(48-5)31(29)36)33(46)43(32(21)40-34)17-20-9-12-42(13-10-20)28(45)8-7-11-41(2)3/h6-8,14-16,20,23-24H,1,9-13,17-19H2,2-5H3,(H,38,44)(H,37,39,40)/b8-7+/t23-,24+/m0/s1. The first-order valence-electron chi connectivity index (χ1n) is 15.9. The quantitative estimate of drug-likeness (QED) is 0.268. The molecule has 0 saturated carbocycles. The molecular formula is C34H41Cl2N7O6. The third-order valence-electron chi connectivity index (χ3n) is 8.68. The number of methoxy groups -OCH3 is 2. The Kier molecular flexibility index (Phi) is 11.8. The van der Waals surface area contributed by atoms with E-state index >= 15 is 0 Å². The predicted octanol–water partition coefficient (Wildman–Crippen LogP) is 3.62. The number of likely N-dealkylation sites (tertiary alicyclic amines) is 1. The van der Waals surface area contributed by atoms with Crippen molar-refractivity contribution >= 4 is 52.0 Å². The Balaban J connectivity index is 1.52. The monoisotopic (exact) mass is 713 g/mol. The average Bonchev–Trinajstić information content (AvgIpc) is 3.52. The van der Waals surface area contributed by atoms with Crippen molar-refractivity contribution in [1.82, 2.24) is 29.7 Å². The van der Waals surface area contributed by atoms with Crippen LogP contribution < -0.4 is 25.7 Å². The van der Waals surface area contributed by atoms with E-state index in [4.69, 9.17) is 42.4 Å². The second-order valence-electron chi connectivity index (χ2n) is 12.3. The second-order valence-corrected chi connectivity index (χ2v) is 13.0. The van der Waals surface area contributed by atoms with E-state index in [0.717, 1.165) is 0 Å². The van der Waals surface area contributed by atoms with E-state index in [-0.39, 0.29) is 62.5 Å². The van der Waals surface area contributed by atoms with Gasteiger partial charge in [0.05, 0.1) is 55.1 Å². The molecule has 15 heteroatoms. The van der Waals surface area contributed by atoms with Gasteiger partial charge in [-0.3, -0.25) is 19.0 Å². The van der Waals surface area contributed by atoms with Crippen LogP contribution in [0, 0.1) is 5.92 Å². The number of benzene rings is 1. The predicted molar refractivity (Wildman–Crippen MR) is 190 cm³/mol. The molecule has 3 aromatic rings. The summed E-state index contributed by atoms with van der Waals surface area (Å²) in [6.45, 7) is 6.30. The molecule has 5 rings (SSSR count). The molecule has 0 unspecified atom stereocenters. The number of likely N-dealkylation sites (N-methyl/N-ethyl adjacent to an activating group) is 1. The molecule has 2 amide bonds. The van der Waals surface area contributed by atoms with Gasteiger partial charge in [-0.05, 0) is 45.0 Å². The van der Waals surface area contributed by atoms with Crippen LogP contribution in [0.3, 0.4) is 0 Å². The van der Waals surface area contributed by atoms with Crippen molar-refractivity contribution in [2.45, 2.75) is 31.5 Å². The van der Waals surface area contributed by atoms with Crippen molar-refractivity contribution in [3.8, 4) is 22.6 Å². The zero-order chi connectivity index (χ0) is 35.2. The topological polar surface area (TPSA) is 140 Å². The maximum Gasteiger partial charge on any atom is 0.260 e. The second kappa shape index (κ2) is 16.0. The van der Waals surface area contributed by atoms with Crippen LogP contribution in [0.2, 0.25) is 10.0 Å². The molecule has 49 heavy (non-hydrogen) atoms. The van der Waals surface area contributed by atoms with Crippen molar-refractivity contribution < 1.29 is 23.8 Å². The van der Waals surface area contributed by atoms with Crippen LogP contribution in [0.4, 0.5) is 5.95 Å². The molecule has 2 aromatic heterocycles. The van der Waals surface area contributed by atoms with Gasteiger partial charge >= 0.3 is 0 Å². The number of pyridine rings is 1. The summed E-state index contributed by atoms with van der Waals surface area (Å²) in [5.41, 5.74) is 0.557. The van der Waals surface area contributed by atoms with Crippen LogP contribution in [-0.4, -0.2) is 109 Å². The van der Waals surface area contributed by atoms with Crippen LogP contribution in [-0.2, 0) is 20.9 Å². The zero-order valence-corrected chi connectivity index (χ0v) is 29.5. The Hall–Kier alpha value is -4.17. The number of hydrogen-bond acceptors (Lipinski definition) is 10. The Bertz CT molecular complexity index is 1780. The molecule has 2 saturated heterocycles. The van der Waals surface area contributed by atoms with Gasteiger partial charge in [-0.2, -0.15) is 4.98 Å². The lowest BCUT2D eigenvalue weighted by molar-refractivity contribution is -0.127. The molecular weight excluding hydrogens is 673 g/mol. The number of fused-ring (bicyclic) bond motifs is 1. The van der Waals surface area contributed by atoms with Gasteiger partial charge in [0.15, 0.2) is 0 Å². The van der Waals surface area contributed by atoms with Crippen molar-refractivity contribution in [3.05, 3.63) is 63.5 Å². The number of carbonyl (C=O) groups excluding carboxylic acids is 2. The summed E-state index contributed by atoms with van der Waals surface area (Å²) in [6, 6.07) is 2.59. The maximum atomic E-state index is 14.5. The van der Waals surface area contributed by atoms with Crippen LogP contribution in [0.15, 0.2) is 47.9 Å². The highest BCUT2D eigenvalue weighted by Crippen LogP contribution is 2.45. The van der Waals surface area contributed by atoms with Crippen molar-refractivity contribution in [2.75, 3.05) is 66.5 Å². The third kappa shape index (κ3) is 8.18. The number of rotatable bonds is 12. The Morgan fingerprint density at radius 3 is 2.41 bits per heavy atom. The lowest BCUT2D eigenvalue weighted by Crippen LogP contribution is -2.45. The zero-order valence-electron chi connectivity index (χ0n) is 28.0. The summed E-state index contributed by atoms with van der Waals surface area (Å²) in [5, 5.41) is 7.02. The van der Waals surface area contributed by atoms with Gasteiger partial charge in [-0.15, -0.1) is 0 Å². The lowest BCUT2D eigenvalue weighted by Gasteiger charge is -2.32. The summed E-state index contributed by atoms with van der Waals surface area (Å²) in [5.74, 6) is 0.604. The number of aromatic nitrogens is 3. The molecule has 2 fully saturated rings. The highest BCUT2D eigenvalue weighted by Gasteiger charge is 2.31. The Morgan fingerprint density at radius 2 is 1.78 bits per heavy atom. The van der Waals surface area contributed by atoms with Crippen molar-refractivity contribution in [3.63, 3.8) is 0 Å². The van der Waals surface area contributed by atoms with Gasteiger partial charge in [0.2, 0.25) is 17.8 Å². The summed E-state index contributed by atoms with van der Waals surface area (Å²) in [4.78, 5) is 52.4. The van der Waals surface area contributed by atoms with Crippen LogP contribution in [0.25, 0.3) is 22.2 Å². The first-order valence-corrected chi connectivity index (χ1v) is 16.7. The highest BCUT2D eigenvalue weighted by molar-refractivity contribution is 6.41. The number of nitrogens with zero attached hydrogens (tertiary/aromatic N) is 5. The van der Waals surface area contributed by atoms with Crippen LogP contribution in [0.1, 0.15) is 12.8 Å². The number of hydrogen-bond donors (Lipinski definition) is 2. The normalized spacial score (nSPS) is 18.3. The molecule has 2 aliphatic heterocycles. The maximum absolute atomic E-state index is 14.5. The molecule has 0 spiro atoms. The third-order valence-corrected chi connectivity index (χ3v) is 9.43. The van der Waals surface area contributed by atoms with Crippen molar-refractivity contribution in [2.24, 2.45) is 5.92 Å². The first kappa shape index (κ1) is 36.1. The molecule has 1 aromatic carbocycles. The molecule has 0 bridgehead atoms. The van der Waals surface area contributed by atoms with E-state index in [1.165, 1.54) is 20.3 Å². The highest BCUT2D eigenvalue weighted by atomic mass is 35.5. The van der Waals surface area contributed by atoms with Crippen LogP contribution in [0.5, 0.6) is 11.5 Å². The van der Waals surface area contributed by atoms with E-state index in [0.29, 0.717) is 74.8 Å². The van der Waals surface area contributed by atoms with Gasteiger partial charge in [0.1, 0.15) is 17.1 Å².